The lowest BCUT2D eigenvalue weighted by atomic mass is 9.93. The van der Waals surface area contributed by atoms with Crippen LogP contribution >= 0.6 is 0 Å². The van der Waals surface area contributed by atoms with E-state index >= 15 is 0 Å². The molecule has 2 heterocycles. The Kier molecular flexibility index (Phi) is 2.70. The second-order valence-electron chi connectivity index (χ2n) is 4.62. The number of carboxylic acids is 1. The molecular weight excluding hydrogens is 248 g/mol. The fourth-order valence-electron chi connectivity index (χ4n) is 2.37. The molecule has 2 N–H and O–H groups in total. The molecule has 6 nitrogen and oxygen atoms in total. The summed E-state index contributed by atoms with van der Waals surface area (Å²) >= 11 is 0. The number of amides is 1. The van der Waals surface area contributed by atoms with Crippen molar-refractivity contribution in [3.8, 4) is 5.75 Å². The fraction of sp³-hybridized carbons (Fsp3) is 0.308. The molecule has 0 aromatic heterocycles. The van der Waals surface area contributed by atoms with Crippen LogP contribution in [-0.2, 0) is 16.0 Å². The van der Waals surface area contributed by atoms with Crippen LogP contribution in [0.1, 0.15) is 12.0 Å². The van der Waals surface area contributed by atoms with E-state index in [9.17, 15) is 9.59 Å². The van der Waals surface area contributed by atoms with Crippen LogP contribution in [0.4, 0.5) is 5.69 Å². The molecule has 0 spiro atoms. The van der Waals surface area contributed by atoms with E-state index in [0.29, 0.717) is 12.2 Å². The van der Waals surface area contributed by atoms with Crippen LogP contribution in [-0.4, -0.2) is 29.4 Å². The normalized spacial score (nSPS) is 20.1. The Morgan fingerprint density at radius 2 is 2.32 bits per heavy atom. The number of ether oxygens (including phenoxy) is 1. The maximum atomic E-state index is 11.3. The van der Waals surface area contributed by atoms with E-state index in [1.165, 1.54) is 0 Å². The average Bonchev–Trinajstić information content (AvgIpc) is 2.72. The quantitative estimate of drug-likeness (QED) is 0.844. The summed E-state index contributed by atoms with van der Waals surface area (Å²) in [6.45, 7) is -0.364. The number of hydrogen-bond acceptors (Lipinski definition) is 4. The number of nitrogens with one attached hydrogen (secondary N) is 1. The Bertz CT molecular complexity index is 594. The molecule has 0 bridgehead atoms. The summed E-state index contributed by atoms with van der Waals surface area (Å²) in [6, 6.07) is 5.25. The molecule has 1 amide bonds. The second-order valence-corrected chi connectivity index (χ2v) is 4.62. The zero-order valence-electron chi connectivity index (χ0n) is 10.0. The number of amidine groups is 1. The predicted molar refractivity (Wildman–Crippen MR) is 66.6 cm³/mol. The molecule has 1 aromatic rings. The van der Waals surface area contributed by atoms with Gasteiger partial charge in [0.1, 0.15) is 11.6 Å². The third kappa shape index (κ3) is 2.29. The number of carboxylic acid groups (broad SMARTS) is 1. The van der Waals surface area contributed by atoms with Gasteiger partial charge >= 0.3 is 5.97 Å². The summed E-state index contributed by atoms with van der Waals surface area (Å²) in [5.41, 5.74) is 1.78. The molecule has 3 rings (SSSR count). The summed E-state index contributed by atoms with van der Waals surface area (Å²) < 4.78 is 5.14. The summed E-state index contributed by atoms with van der Waals surface area (Å²) in [7, 11) is 0. The molecule has 1 atom stereocenters. The molecule has 0 radical (unpaired) electrons. The van der Waals surface area contributed by atoms with Crippen molar-refractivity contribution in [2.45, 2.75) is 12.8 Å². The van der Waals surface area contributed by atoms with Crippen molar-refractivity contribution in [1.29, 1.82) is 0 Å². The van der Waals surface area contributed by atoms with Crippen LogP contribution < -0.4 is 10.1 Å². The van der Waals surface area contributed by atoms with Crippen molar-refractivity contribution in [2.75, 3.05) is 6.61 Å². The molecule has 98 valence electrons. The number of fused-ring (bicyclic) bond motifs is 2. The first kappa shape index (κ1) is 11.7. The van der Waals surface area contributed by atoms with Crippen LogP contribution in [0.5, 0.6) is 5.75 Å². The van der Waals surface area contributed by atoms with Gasteiger partial charge in [0.2, 0.25) is 5.91 Å². The number of aliphatic carboxylic acids is 1. The average molecular weight is 260 g/mol. The Morgan fingerprint density at radius 1 is 1.47 bits per heavy atom. The van der Waals surface area contributed by atoms with E-state index in [0.717, 1.165) is 23.5 Å². The van der Waals surface area contributed by atoms with Crippen LogP contribution in [0, 0.1) is 5.92 Å². The molecule has 1 saturated heterocycles. The summed E-state index contributed by atoms with van der Waals surface area (Å²) in [4.78, 5) is 26.2. The summed E-state index contributed by atoms with van der Waals surface area (Å²) in [5, 5.41) is 11.3. The number of benzene rings is 1. The topological polar surface area (TPSA) is 88.0 Å². The highest BCUT2D eigenvalue weighted by Gasteiger charge is 2.32. The number of carbonyl (C=O) groups excluding carboxylic acids is 1. The van der Waals surface area contributed by atoms with Crippen molar-refractivity contribution in [2.24, 2.45) is 10.9 Å². The lowest BCUT2D eigenvalue weighted by molar-refractivity contribution is -0.139. The monoisotopic (exact) mass is 260 g/mol. The molecule has 1 fully saturated rings. The maximum absolute atomic E-state index is 11.3. The zero-order valence-corrected chi connectivity index (χ0v) is 10.0. The second kappa shape index (κ2) is 4.38. The van der Waals surface area contributed by atoms with Gasteiger partial charge in [-0.05, 0) is 30.2 Å². The molecule has 0 saturated carbocycles. The molecule has 2 aliphatic rings. The van der Waals surface area contributed by atoms with Gasteiger partial charge in [0.15, 0.2) is 6.61 Å². The van der Waals surface area contributed by atoms with Crippen molar-refractivity contribution in [1.82, 2.24) is 5.32 Å². The number of aliphatic imine (C=N–C) groups is 1. The Morgan fingerprint density at radius 3 is 3.11 bits per heavy atom. The Hall–Kier alpha value is -2.37. The van der Waals surface area contributed by atoms with Gasteiger partial charge in [-0.25, -0.2) is 9.79 Å². The number of carbonyl (C=O) groups is 2. The van der Waals surface area contributed by atoms with Gasteiger partial charge in [-0.1, -0.05) is 0 Å². The van der Waals surface area contributed by atoms with E-state index < -0.39 is 5.97 Å². The van der Waals surface area contributed by atoms with Crippen molar-refractivity contribution in [3.05, 3.63) is 23.8 Å². The highest BCUT2D eigenvalue weighted by molar-refractivity contribution is 6.08. The van der Waals surface area contributed by atoms with Gasteiger partial charge in [0, 0.05) is 12.3 Å². The smallest absolute Gasteiger partial charge is 0.341 e. The molecule has 1 aromatic carbocycles. The van der Waals surface area contributed by atoms with E-state index in [1.807, 2.05) is 0 Å². The van der Waals surface area contributed by atoms with E-state index in [1.54, 1.807) is 18.2 Å². The first-order valence-corrected chi connectivity index (χ1v) is 5.98. The van der Waals surface area contributed by atoms with Crippen LogP contribution in [0.2, 0.25) is 0 Å². The minimum absolute atomic E-state index is 0.00101. The van der Waals surface area contributed by atoms with Crippen LogP contribution in [0.3, 0.4) is 0 Å². The third-order valence-electron chi connectivity index (χ3n) is 3.21. The minimum Gasteiger partial charge on any atom is -0.482 e. The first-order chi connectivity index (χ1) is 9.11. The van der Waals surface area contributed by atoms with Gasteiger partial charge in [0.05, 0.1) is 5.69 Å². The highest BCUT2D eigenvalue weighted by Crippen LogP contribution is 2.34. The molecule has 1 unspecified atom stereocenters. The summed E-state index contributed by atoms with van der Waals surface area (Å²) in [6.07, 6.45) is 1.18. The van der Waals surface area contributed by atoms with E-state index in [2.05, 4.69) is 10.3 Å². The summed E-state index contributed by atoms with van der Waals surface area (Å²) in [5.74, 6) is 0.339. The lowest BCUT2D eigenvalue weighted by Gasteiger charge is -2.18. The molecule has 2 aliphatic heterocycles. The van der Waals surface area contributed by atoms with Gasteiger partial charge in [0.25, 0.3) is 0 Å². The molecule has 0 aliphatic carbocycles. The lowest BCUT2D eigenvalue weighted by Crippen LogP contribution is -2.25. The van der Waals surface area contributed by atoms with E-state index in [4.69, 9.17) is 9.84 Å². The van der Waals surface area contributed by atoms with E-state index in [-0.39, 0.29) is 18.4 Å². The molecule has 19 heavy (non-hydrogen) atoms. The zero-order chi connectivity index (χ0) is 13.4. The minimum atomic E-state index is -1.01. The Balaban J connectivity index is 1.83. The number of hydrogen-bond donors (Lipinski definition) is 2. The molecule has 6 heteroatoms. The fourth-order valence-corrected chi connectivity index (χ4v) is 2.37. The van der Waals surface area contributed by atoms with Gasteiger partial charge in [-0.15, -0.1) is 0 Å². The predicted octanol–water partition coefficient (Wildman–Crippen LogP) is 0.872. The SMILES string of the molecule is O=C(O)COc1ccc2c(c1)CC1CC(=O)NC1=N2. The number of rotatable bonds is 3. The third-order valence-corrected chi connectivity index (χ3v) is 3.21. The number of nitrogens with zero attached hydrogens (tertiary/aromatic N) is 1. The Labute approximate surface area is 109 Å². The highest BCUT2D eigenvalue weighted by atomic mass is 16.5. The van der Waals surface area contributed by atoms with Crippen molar-refractivity contribution >= 4 is 23.4 Å². The first-order valence-electron chi connectivity index (χ1n) is 5.98. The van der Waals surface area contributed by atoms with Crippen molar-refractivity contribution in [3.63, 3.8) is 0 Å². The van der Waals surface area contributed by atoms with Gasteiger partial charge < -0.3 is 15.2 Å². The van der Waals surface area contributed by atoms with Gasteiger partial charge in [-0.3, -0.25) is 4.79 Å². The molecular formula is C13H12N2O4. The van der Waals surface area contributed by atoms with Gasteiger partial charge in [-0.2, -0.15) is 0 Å². The standard InChI is InChI=1S/C13H12N2O4/c16-11-5-8-3-7-4-9(19-6-12(17)18)1-2-10(7)14-13(8)15-11/h1-2,4,8H,3,5-6H2,(H,17,18)(H,14,15,16). The van der Waals surface area contributed by atoms with Crippen LogP contribution in [0.15, 0.2) is 23.2 Å². The van der Waals surface area contributed by atoms with Crippen molar-refractivity contribution < 1.29 is 19.4 Å². The largest absolute Gasteiger partial charge is 0.482 e. The van der Waals surface area contributed by atoms with Crippen LogP contribution in [0.25, 0.3) is 0 Å². The maximum Gasteiger partial charge on any atom is 0.341 e.